The van der Waals surface area contributed by atoms with Gasteiger partial charge in [0.15, 0.2) is 0 Å². The van der Waals surface area contributed by atoms with E-state index < -0.39 is 0 Å². The zero-order valence-corrected chi connectivity index (χ0v) is 12.5. The maximum Gasteiger partial charge on any atom is 0.302 e. The number of rotatable bonds is 6. The van der Waals surface area contributed by atoms with Crippen LogP contribution in [0, 0.1) is 0 Å². The molecule has 0 rings (SSSR count). The first-order valence-electron chi connectivity index (χ1n) is 6.04. The van der Waals surface area contributed by atoms with Crippen molar-refractivity contribution in [3.8, 4) is 0 Å². The Morgan fingerprint density at radius 3 is 0.857 bits per heavy atom. The lowest BCUT2D eigenvalue weighted by Crippen LogP contribution is -2.03. The Morgan fingerprint density at radius 1 is 0.619 bits per heavy atom. The van der Waals surface area contributed by atoms with Crippen LogP contribution < -0.4 is 0 Å². The molecule has 0 aliphatic rings. The molecule has 0 fully saturated rings. The molecule has 126 valence electrons. The summed E-state index contributed by atoms with van der Waals surface area (Å²) in [5.41, 5.74) is 0. The van der Waals surface area contributed by atoms with E-state index in [0.29, 0.717) is 0 Å². The lowest BCUT2D eigenvalue weighted by Gasteiger charge is -1.93. The first-order valence-corrected chi connectivity index (χ1v) is 6.04. The van der Waals surface area contributed by atoms with Crippen LogP contribution in [0.3, 0.4) is 0 Å². The molecule has 9 heteroatoms. The number of ether oxygens (including phenoxy) is 3. The number of hydrogen-bond acceptors (Lipinski definition) is 9. The van der Waals surface area contributed by atoms with Crippen molar-refractivity contribution in [2.45, 2.75) is 20.8 Å². The zero-order chi connectivity index (χ0) is 17.1. The number of esters is 3. The highest BCUT2D eigenvalue weighted by Gasteiger charge is 1.87. The number of hydrogen-bond donors (Lipinski definition) is 3. The van der Waals surface area contributed by atoms with Gasteiger partial charge in [0, 0.05) is 20.8 Å². The van der Waals surface area contributed by atoms with Crippen molar-refractivity contribution in [2.24, 2.45) is 0 Å². The van der Waals surface area contributed by atoms with E-state index in [9.17, 15) is 14.4 Å². The summed E-state index contributed by atoms with van der Waals surface area (Å²) in [6.45, 7) is 3.93. The van der Waals surface area contributed by atoms with Gasteiger partial charge in [-0.2, -0.15) is 0 Å². The summed E-state index contributed by atoms with van der Waals surface area (Å²) in [4.78, 5) is 29.6. The second-order valence-corrected chi connectivity index (χ2v) is 3.19. The summed E-state index contributed by atoms with van der Waals surface area (Å²) in [5, 5.41) is 24.1. The molecule has 0 bridgehead atoms. The lowest BCUT2D eigenvalue weighted by atomic mass is 10.7. The van der Waals surface area contributed by atoms with Crippen molar-refractivity contribution in [3.05, 3.63) is 0 Å². The average molecular weight is 312 g/mol. The normalized spacial score (nSPS) is 8.29. The fraction of sp³-hybridized carbons (Fsp3) is 0.750. The van der Waals surface area contributed by atoms with Gasteiger partial charge in [-0.05, 0) is 0 Å². The third-order valence-corrected chi connectivity index (χ3v) is 1.19. The summed E-state index contributed by atoms with van der Waals surface area (Å²) >= 11 is 0. The summed E-state index contributed by atoms with van der Waals surface area (Å²) in [7, 11) is 0. The molecule has 9 nitrogen and oxygen atoms in total. The van der Waals surface area contributed by atoms with Crippen LogP contribution >= 0.6 is 0 Å². The third kappa shape index (κ3) is 45.8. The van der Waals surface area contributed by atoms with Crippen molar-refractivity contribution in [2.75, 3.05) is 39.6 Å². The zero-order valence-electron chi connectivity index (χ0n) is 12.5. The monoisotopic (exact) mass is 312 g/mol. The standard InChI is InChI=1S/3C4H8O3/c3*1-4(6)7-3-2-5/h3*5H,2-3H2,1H3. The van der Waals surface area contributed by atoms with Crippen LogP contribution in [-0.4, -0.2) is 72.9 Å². The second-order valence-electron chi connectivity index (χ2n) is 3.19. The highest BCUT2D eigenvalue weighted by atomic mass is 16.5. The maximum absolute atomic E-state index is 9.87. The molecule has 0 heterocycles. The van der Waals surface area contributed by atoms with E-state index in [1.807, 2.05) is 0 Å². The van der Waals surface area contributed by atoms with E-state index in [0.717, 1.165) is 0 Å². The van der Waals surface area contributed by atoms with E-state index in [1.165, 1.54) is 20.8 Å². The molecule has 0 spiro atoms. The van der Waals surface area contributed by atoms with Gasteiger partial charge in [-0.3, -0.25) is 14.4 Å². The van der Waals surface area contributed by atoms with Gasteiger partial charge in [-0.1, -0.05) is 0 Å². The van der Waals surface area contributed by atoms with Crippen molar-refractivity contribution in [1.82, 2.24) is 0 Å². The Labute approximate surface area is 123 Å². The van der Waals surface area contributed by atoms with Crippen LogP contribution in [0.15, 0.2) is 0 Å². The maximum atomic E-state index is 9.87. The Balaban J connectivity index is -0.000000231. The van der Waals surface area contributed by atoms with Crippen molar-refractivity contribution in [1.29, 1.82) is 0 Å². The topological polar surface area (TPSA) is 140 Å². The lowest BCUT2D eigenvalue weighted by molar-refractivity contribution is -0.142. The van der Waals surface area contributed by atoms with Gasteiger partial charge in [0.2, 0.25) is 0 Å². The molecule has 0 aromatic rings. The number of carbonyl (C=O) groups is 3. The first-order chi connectivity index (χ1) is 9.81. The molecule has 3 N–H and O–H groups in total. The van der Waals surface area contributed by atoms with E-state index in [4.69, 9.17) is 15.3 Å². The Kier molecular flexibility index (Phi) is 23.9. The molecule has 0 atom stereocenters. The Bertz CT molecular complexity index is 223. The highest BCUT2D eigenvalue weighted by molar-refractivity contribution is 5.66. The van der Waals surface area contributed by atoms with Crippen LogP contribution in [-0.2, 0) is 28.6 Å². The second kappa shape index (κ2) is 20.6. The molecular formula is C12H24O9. The highest BCUT2D eigenvalue weighted by Crippen LogP contribution is 1.72. The number of aliphatic hydroxyl groups excluding tert-OH is 3. The smallest absolute Gasteiger partial charge is 0.302 e. The van der Waals surface area contributed by atoms with Gasteiger partial charge in [0.1, 0.15) is 19.8 Å². The van der Waals surface area contributed by atoms with Crippen molar-refractivity contribution >= 4 is 17.9 Å². The molecule has 21 heavy (non-hydrogen) atoms. The molecule has 0 aromatic carbocycles. The van der Waals surface area contributed by atoms with E-state index in [2.05, 4.69) is 14.2 Å². The summed E-state index contributed by atoms with van der Waals surface area (Å²) in [5.74, 6) is -1.06. The SMILES string of the molecule is CC(=O)OCCO.CC(=O)OCCO.CC(=O)OCCO. The molecule has 0 radical (unpaired) electrons. The van der Waals surface area contributed by atoms with E-state index in [1.54, 1.807) is 0 Å². The van der Waals surface area contributed by atoms with Crippen LogP contribution in [0.5, 0.6) is 0 Å². The van der Waals surface area contributed by atoms with E-state index >= 15 is 0 Å². The minimum absolute atomic E-state index is 0.0976. The molecule has 0 aliphatic heterocycles. The van der Waals surface area contributed by atoms with Crippen LogP contribution in [0.1, 0.15) is 20.8 Å². The molecular weight excluding hydrogens is 288 g/mol. The third-order valence-electron chi connectivity index (χ3n) is 1.19. The van der Waals surface area contributed by atoms with Gasteiger partial charge < -0.3 is 29.5 Å². The molecule has 0 unspecified atom stereocenters. The van der Waals surface area contributed by atoms with Gasteiger partial charge in [0.25, 0.3) is 0 Å². The first kappa shape index (κ1) is 24.3. The van der Waals surface area contributed by atoms with Crippen LogP contribution in [0.4, 0.5) is 0 Å². The number of aliphatic hydroxyl groups is 3. The fourth-order valence-electron chi connectivity index (χ4n) is 0.568. The van der Waals surface area contributed by atoms with Crippen LogP contribution in [0.2, 0.25) is 0 Å². The predicted molar refractivity (Wildman–Crippen MR) is 71.2 cm³/mol. The predicted octanol–water partition coefficient (Wildman–Crippen LogP) is -1.37. The van der Waals surface area contributed by atoms with Crippen LogP contribution in [0.25, 0.3) is 0 Å². The summed E-state index contributed by atoms with van der Waals surface area (Å²) in [6.07, 6.45) is 0. The molecule has 0 saturated heterocycles. The van der Waals surface area contributed by atoms with Crippen molar-refractivity contribution < 1.29 is 43.9 Å². The largest absolute Gasteiger partial charge is 0.463 e. The molecule has 0 saturated carbocycles. The van der Waals surface area contributed by atoms with E-state index in [-0.39, 0.29) is 57.5 Å². The molecule has 0 aliphatic carbocycles. The Morgan fingerprint density at radius 2 is 0.810 bits per heavy atom. The van der Waals surface area contributed by atoms with Gasteiger partial charge in [-0.15, -0.1) is 0 Å². The average Bonchev–Trinajstić information content (AvgIpc) is 2.41. The molecule has 0 aromatic heterocycles. The van der Waals surface area contributed by atoms with Crippen molar-refractivity contribution in [3.63, 3.8) is 0 Å². The summed E-state index contributed by atoms with van der Waals surface area (Å²) in [6, 6.07) is 0. The van der Waals surface area contributed by atoms with Gasteiger partial charge in [0.05, 0.1) is 19.8 Å². The Hall–Kier alpha value is -1.71. The quantitative estimate of drug-likeness (QED) is 0.400. The number of carbonyl (C=O) groups excluding carboxylic acids is 3. The minimum Gasteiger partial charge on any atom is -0.463 e. The minimum atomic E-state index is -0.353. The van der Waals surface area contributed by atoms with Gasteiger partial charge in [-0.25, -0.2) is 0 Å². The summed E-state index contributed by atoms with van der Waals surface area (Å²) < 4.78 is 12.9. The fourth-order valence-corrected chi connectivity index (χ4v) is 0.568. The molecule has 0 amide bonds. The van der Waals surface area contributed by atoms with Gasteiger partial charge >= 0.3 is 17.9 Å².